The Bertz CT molecular complexity index is 1300. The molecule has 3 heterocycles. The fraction of sp³-hybridized carbons (Fsp3) is 0.133. The van der Waals surface area contributed by atoms with E-state index in [2.05, 4.69) is 30.6 Å². The van der Waals surface area contributed by atoms with Gasteiger partial charge in [0.15, 0.2) is 11.3 Å². The summed E-state index contributed by atoms with van der Waals surface area (Å²) < 4.78 is 13.0. The van der Waals surface area contributed by atoms with Gasteiger partial charge in [0.1, 0.15) is 0 Å². The van der Waals surface area contributed by atoms with E-state index < -0.39 is 18.6 Å². The lowest BCUT2D eigenvalue weighted by atomic mass is 10.00. The molecule has 0 unspecified atom stereocenters. The molecule has 4 aromatic rings. The third-order valence-electron chi connectivity index (χ3n) is 4.65. The molecule has 1 aliphatic carbocycles. The van der Waals surface area contributed by atoms with E-state index >= 15 is 0 Å². The van der Waals surface area contributed by atoms with Crippen molar-refractivity contribution in [1.29, 1.82) is 0 Å². The van der Waals surface area contributed by atoms with E-state index in [9.17, 15) is 19.1 Å². The average molecular weight is 385 g/mol. The number of H-pyrrole nitrogens is 2. The average Bonchev–Trinajstić information content (AvgIpc) is 3.32. The number of aromatic amines is 2. The molecule has 11 nitrogen and oxygen atoms in total. The van der Waals surface area contributed by atoms with Crippen LogP contribution in [0.15, 0.2) is 29.2 Å². The maximum Gasteiger partial charge on any atom is 0.376 e. The van der Waals surface area contributed by atoms with Crippen molar-refractivity contribution in [3.8, 4) is 11.3 Å². The van der Waals surface area contributed by atoms with Crippen LogP contribution >= 0.6 is 7.60 Å². The first-order valence-electron chi connectivity index (χ1n) is 7.96. The van der Waals surface area contributed by atoms with Crippen LogP contribution in [0, 0.1) is 0 Å². The molecule has 0 amide bonds. The zero-order valence-corrected chi connectivity index (χ0v) is 14.5. The molecule has 0 radical (unpaired) electrons. The molecular formula is C15H12N7O4P. The van der Waals surface area contributed by atoms with Gasteiger partial charge in [0.2, 0.25) is 5.65 Å². The van der Waals surface area contributed by atoms with Crippen molar-refractivity contribution in [2.45, 2.75) is 12.8 Å². The summed E-state index contributed by atoms with van der Waals surface area (Å²) in [6, 6.07) is 5.73. The highest BCUT2D eigenvalue weighted by Gasteiger charge is 2.29. The third kappa shape index (κ3) is 2.44. The number of tetrazole rings is 1. The van der Waals surface area contributed by atoms with Crippen LogP contribution in [0.5, 0.6) is 0 Å². The van der Waals surface area contributed by atoms with E-state index in [1.54, 1.807) is 0 Å². The SMILES string of the molecule is O=c1[nH]c2c(n3cc(P(=O)(O)O)nc13)Cc1c(Cc3nnn[nH]3)cccc1-2. The van der Waals surface area contributed by atoms with Crippen LogP contribution in [0.25, 0.3) is 16.9 Å². The number of imidazole rings is 1. The van der Waals surface area contributed by atoms with Gasteiger partial charge in [-0.1, -0.05) is 18.2 Å². The highest BCUT2D eigenvalue weighted by atomic mass is 31.2. The van der Waals surface area contributed by atoms with Gasteiger partial charge in [-0.3, -0.25) is 13.8 Å². The fourth-order valence-corrected chi connectivity index (χ4v) is 3.97. The zero-order valence-electron chi connectivity index (χ0n) is 13.6. The minimum absolute atomic E-state index is 0.0409. The molecule has 0 saturated carbocycles. The molecule has 136 valence electrons. The van der Waals surface area contributed by atoms with Crippen molar-refractivity contribution < 1.29 is 14.4 Å². The van der Waals surface area contributed by atoms with Gasteiger partial charge in [0.05, 0.1) is 11.4 Å². The van der Waals surface area contributed by atoms with Crippen LogP contribution in [0.3, 0.4) is 0 Å². The van der Waals surface area contributed by atoms with E-state index in [1.807, 2.05) is 18.2 Å². The molecule has 0 atom stereocenters. The Morgan fingerprint density at radius 1 is 1.30 bits per heavy atom. The number of hydrogen-bond donors (Lipinski definition) is 4. The number of rotatable bonds is 3. The van der Waals surface area contributed by atoms with E-state index in [4.69, 9.17) is 0 Å². The van der Waals surface area contributed by atoms with E-state index in [1.165, 1.54) is 10.6 Å². The summed E-state index contributed by atoms with van der Waals surface area (Å²) in [5.74, 6) is 0.615. The molecule has 4 N–H and O–H groups in total. The number of nitrogens with zero attached hydrogens (tertiary/aromatic N) is 5. The second-order valence-corrected chi connectivity index (χ2v) is 7.80. The van der Waals surface area contributed by atoms with E-state index in [-0.39, 0.29) is 5.65 Å². The standard InChI is InChI=1S/C15H12N7O4P/c23-15-14-16-12(27(24,25)26)6-22(14)10-5-9-7(4-11-18-20-21-19-11)2-1-3-8(9)13(10)17-15/h1-3,6H,4-5H2,(H,17,23)(H2,24,25,26)(H,18,19,20,21). The van der Waals surface area contributed by atoms with Crippen molar-refractivity contribution in [2.24, 2.45) is 0 Å². The van der Waals surface area contributed by atoms with Crippen molar-refractivity contribution in [3.63, 3.8) is 0 Å². The first-order valence-corrected chi connectivity index (χ1v) is 9.57. The third-order valence-corrected chi connectivity index (χ3v) is 5.46. The molecule has 1 aromatic carbocycles. The Morgan fingerprint density at radius 2 is 2.15 bits per heavy atom. The van der Waals surface area contributed by atoms with Crippen molar-refractivity contribution in [3.05, 3.63) is 57.4 Å². The minimum atomic E-state index is -4.57. The first-order chi connectivity index (χ1) is 12.9. The molecule has 0 fully saturated rings. The maximum atomic E-state index is 12.4. The molecular weight excluding hydrogens is 373 g/mol. The van der Waals surface area contributed by atoms with Gasteiger partial charge >= 0.3 is 7.60 Å². The van der Waals surface area contributed by atoms with Gasteiger partial charge in [-0.05, 0) is 21.6 Å². The number of nitrogens with one attached hydrogen (secondary N) is 2. The first kappa shape index (κ1) is 16.1. The summed E-state index contributed by atoms with van der Waals surface area (Å²) in [6.07, 6.45) is 2.21. The molecule has 1 aliphatic rings. The lowest BCUT2D eigenvalue weighted by Gasteiger charge is -2.06. The van der Waals surface area contributed by atoms with Crippen molar-refractivity contribution >= 4 is 18.7 Å². The van der Waals surface area contributed by atoms with Crippen LogP contribution < -0.4 is 11.0 Å². The minimum Gasteiger partial charge on any atom is -0.320 e. The van der Waals surface area contributed by atoms with Gasteiger partial charge in [0, 0.05) is 24.6 Å². The molecule has 5 rings (SSSR count). The lowest BCUT2D eigenvalue weighted by molar-refractivity contribution is 0.386. The summed E-state index contributed by atoms with van der Waals surface area (Å²) in [6.45, 7) is 0. The van der Waals surface area contributed by atoms with Crippen LogP contribution in [-0.2, 0) is 17.4 Å². The van der Waals surface area contributed by atoms with Gasteiger partial charge in [-0.2, -0.15) is 0 Å². The molecule has 3 aromatic heterocycles. The van der Waals surface area contributed by atoms with Crippen LogP contribution in [-0.4, -0.2) is 44.8 Å². The second kappa shape index (κ2) is 5.43. The Hall–Kier alpha value is -3.14. The Kier molecular flexibility index (Phi) is 3.23. The van der Waals surface area contributed by atoms with Crippen LogP contribution in [0.2, 0.25) is 0 Å². The summed E-state index contributed by atoms with van der Waals surface area (Å²) >= 11 is 0. The second-order valence-electron chi connectivity index (χ2n) is 6.26. The smallest absolute Gasteiger partial charge is 0.320 e. The summed E-state index contributed by atoms with van der Waals surface area (Å²) in [5.41, 5.74) is 3.22. The largest absolute Gasteiger partial charge is 0.376 e. The normalized spacial score (nSPS) is 13.1. The van der Waals surface area contributed by atoms with Crippen LogP contribution in [0.4, 0.5) is 0 Å². The predicted octanol–water partition coefficient (Wildman–Crippen LogP) is -0.499. The maximum absolute atomic E-state index is 12.4. The zero-order chi connectivity index (χ0) is 18.8. The van der Waals surface area contributed by atoms with E-state index in [0.717, 1.165) is 22.4 Å². The summed E-state index contributed by atoms with van der Waals surface area (Å²) in [5, 5.41) is 13.8. The Morgan fingerprint density at radius 3 is 2.89 bits per heavy atom. The molecule has 0 bridgehead atoms. The van der Waals surface area contributed by atoms with Gasteiger partial charge in [0.25, 0.3) is 5.56 Å². The van der Waals surface area contributed by atoms with Gasteiger partial charge < -0.3 is 14.8 Å². The fourth-order valence-electron chi connectivity index (χ4n) is 3.48. The van der Waals surface area contributed by atoms with Crippen molar-refractivity contribution in [1.82, 2.24) is 35.0 Å². The van der Waals surface area contributed by atoms with Crippen molar-refractivity contribution in [2.75, 3.05) is 0 Å². The molecule has 0 saturated heterocycles. The number of fused-ring (bicyclic) bond motifs is 5. The summed E-state index contributed by atoms with van der Waals surface area (Å²) in [7, 11) is -4.57. The molecule has 0 aliphatic heterocycles. The number of hydrogen-bond acceptors (Lipinski definition) is 6. The monoisotopic (exact) mass is 385 g/mol. The number of aromatic nitrogens is 7. The topological polar surface area (TPSA) is 162 Å². The molecule has 12 heteroatoms. The highest BCUT2D eigenvalue weighted by Crippen LogP contribution is 2.38. The Labute approximate surface area is 150 Å². The highest BCUT2D eigenvalue weighted by molar-refractivity contribution is 7.60. The van der Waals surface area contributed by atoms with Gasteiger partial charge in [-0.25, -0.2) is 10.1 Å². The molecule has 0 spiro atoms. The van der Waals surface area contributed by atoms with E-state index in [0.29, 0.717) is 24.4 Å². The van der Waals surface area contributed by atoms with Gasteiger partial charge in [-0.15, -0.1) is 5.10 Å². The molecule has 27 heavy (non-hydrogen) atoms. The quantitative estimate of drug-likeness (QED) is 0.302. The Balaban J connectivity index is 1.70. The lowest BCUT2D eigenvalue weighted by Crippen LogP contribution is -2.13. The summed E-state index contributed by atoms with van der Waals surface area (Å²) in [4.78, 5) is 37.8. The number of benzene rings is 1. The van der Waals surface area contributed by atoms with Crippen LogP contribution in [0.1, 0.15) is 22.6 Å². The predicted molar refractivity (Wildman–Crippen MR) is 92.7 cm³/mol.